The summed E-state index contributed by atoms with van der Waals surface area (Å²) in [5, 5.41) is 0.500. The first-order valence-electron chi connectivity index (χ1n) is 4.89. The van der Waals surface area contributed by atoms with Crippen LogP contribution in [0.1, 0.15) is 12.8 Å². The first kappa shape index (κ1) is 11.7. The number of hydrogen-bond donors (Lipinski definition) is 1. The summed E-state index contributed by atoms with van der Waals surface area (Å²) in [4.78, 5) is 2.02. The fourth-order valence-electron chi connectivity index (χ4n) is 1.54. The molecule has 0 aliphatic carbocycles. The maximum absolute atomic E-state index is 5.62. The average Bonchev–Trinajstić information content (AvgIpc) is 2.19. The summed E-state index contributed by atoms with van der Waals surface area (Å²) >= 11 is 4.90. The molecule has 1 rings (SSSR count). The Morgan fingerprint density at radius 1 is 1.43 bits per heavy atom. The van der Waals surface area contributed by atoms with Crippen molar-refractivity contribution < 1.29 is 9.47 Å². The van der Waals surface area contributed by atoms with Gasteiger partial charge in [-0.25, -0.2) is 0 Å². The van der Waals surface area contributed by atoms with E-state index in [1.165, 1.54) is 0 Å². The third-order valence-electron chi connectivity index (χ3n) is 2.39. The molecule has 0 atom stereocenters. The van der Waals surface area contributed by atoms with Crippen LogP contribution < -0.4 is 5.73 Å². The minimum absolute atomic E-state index is 0.343. The lowest BCUT2D eigenvalue weighted by molar-refractivity contribution is -0.00626. The highest BCUT2D eigenvalue weighted by Gasteiger charge is 2.19. The van der Waals surface area contributed by atoms with Crippen LogP contribution in [-0.2, 0) is 9.47 Å². The summed E-state index contributed by atoms with van der Waals surface area (Å²) in [6, 6.07) is 0. The van der Waals surface area contributed by atoms with Gasteiger partial charge in [0.15, 0.2) is 5.11 Å². The van der Waals surface area contributed by atoms with Crippen molar-refractivity contribution in [2.45, 2.75) is 18.9 Å². The van der Waals surface area contributed by atoms with Crippen LogP contribution in [0.2, 0.25) is 0 Å². The molecule has 0 aromatic carbocycles. The van der Waals surface area contributed by atoms with Crippen LogP contribution in [0.5, 0.6) is 0 Å². The Bertz CT molecular complexity index is 182. The lowest BCUT2D eigenvalue weighted by atomic mass is 10.1. The Kier molecular flexibility index (Phi) is 5.14. The molecule has 1 heterocycles. The van der Waals surface area contributed by atoms with E-state index in [0.29, 0.717) is 24.4 Å². The van der Waals surface area contributed by atoms with Gasteiger partial charge in [-0.3, -0.25) is 0 Å². The summed E-state index contributed by atoms with van der Waals surface area (Å²) in [6.45, 7) is 3.16. The van der Waals surface area contributed by atoms with Crippen LogP contribution >= 0.6 is 12.2 Å². The zero-order valence-electron chi connectivity index (χ0n) is 8.57. The highest BCUT2D eigenvalue weighted by molar-refractivity contribution is 7.80. The lowest BCUT2D eigenvalue weighted by Gasteiger charge is -2.32. The van der Waals surface area contributed by atoms with E-state index in [-0.39, 0.29) is 0 Å². The summed E-state index contributed by atoms with van der Waals surface area (Å²) in [7, 11) is 1.68. The van der Waals surface area contributed by atoms with E-state index in [9.17, 15) is 0 Å². The van der Waals surface area contributed by atoms with Gasteiger partial charge in [-0.2, -0.15) is 0 Å². The van der Waals surface area contributed by atoms with E-state index in [0.717, 1.165) is 25.9 Å². The van der Waals surface area contributed by atoms with Crippen LogP contribution in [0, 0.1) is 0 Å². The van der Waals surface area contributed by atoms with Crippen LogP contribution in [0.4, 0.5) is 0 Å². The van der Waals surface area contributed by atoms with Crippen LogP contribution in [0.3, 0.4) is 0 Å². The van der Waals surface area contributed by atoms with Gasteiger partial charge in [0.2, 0.25) is 0 Å². The number of likely N-dealkylation sites (tertiary alicyclic amines) is 1. The van der Waals surface area contributed by atoms with Gasteiger partial charge in [0.1, 0.15) is 0 Å². The molecule has 0 spiro atoms. The molecule has 1 saturated heterocycles. The molecule has 0 bridgehead atoms. The van der Waals surface area contributed by atoms with Crippen LogP contribution in [0.25, 0.3) is 0 Å². The number of nitrogens with two attached hydrogens (primary N) is 1. The molecule has 0 unspecified atom stereocenters. The Hall–Kier alpha value is -0.390. The van der Waals surface area contributed by atoms with Gasteiger partial charge in [0.05, 0.1) is 19.3 Å². The Labute approximate surface area is 90.3 Å². The molecule has 4 nitrogen and oxygen atoms in total. The SMILES string of the molecule is COCCOC1CCN(C(N)=S)CC1. The van der Waals surface area contributed by atoms with Crippen molar-refractivity contribution in [2.24, 2.45) is 5.73 Å². The lowest BCUT2D eigenvalue weighted by Crippen LogP contribution is -2.43. The predicted molar refractivity (Wildman–Crippen MR) is 59.2 cm³/mol. The molecule has 1 aliphatic rings. The van der Waals surface area contributed by atoms with Crippen molar-refractivity contribution in [1.29, 1.82) is 0 Å². The summed E-state index contributed by atoms with van der Waals surface area (Å²) in [5.41, 5.74) is 5.53. The smallest absolute Gasteiger partial charge is 0.166 e. The number of thiocarbonyl (C=S) groups is 1. The molecular weight excluding hydrogens is 200 g/mol. The number of piperidine rings is 1. The minimum Gasteiger partial charge on any atom is -0.382 e. The monoisotopic (exact) mass is 218 g/mol. The van der Waals surface area contributed by atoms with Crippen molar-refractivity contribution >= 4 is 17.3 Å². The largest absolute Gasteiger partial charge is 0.382 e. The Balaban J connectivity index is 2.12. The zero-order chi connectivity index (χ0) is 10.4. The van der Waals surface area contributed by atoms with Gasteiger partial charge in [-0.1, -0.05) is 0 Å². The standard InChI is InChI=1S/C9H18N2O2S/c1-12-6-7-13-8-2-4-11(5-3-8)9(10)14/h8H,2-7H2,1H3,(H2,10,14). The average molecular weight is 218 g/mol. The van der Waals surface area contributed by atoms with Gasteiger partial charge >= 0.3 is 0 Å². The molecule has 0 amide bonds. The van der Waals surface area contributed by atoms with E-state index in [2.05, 4.69) is 0 Å². The summed E-state index contributed by atoms with van der Waals surface area (Å²) in [6.07, 6.45) is 2.35. The molecule has 0 saturated carbocycles. The number of hydrogen-bond acceptors (Lipinski definition) is 3. The molecule has 0 radical (unpaired) electrons. The summed E-state index contributed by atoms with van der Waals surface area (Å²) in [5.74, 6) is 0. The first-order chi connectivity index (χ1) is 6.74. The number of nitrogens with zero attached hydrogens (tertiary/aromatic N) is 1. The van der Waals surface area contributed by atoms with Crippen molar-refractivity contribution in [3.63, 3.8) is 0 Å². The van der Waals surface area contributed by atoms with E-state index in [1.807, 2.05) is 4.90 Å². The molecule has 2 N–H and O–H groups in total. The van der Waals surface area contributed by atoms with Crippen LogP contribution in [0.15, 0.2) is 0 Å². The highest BCUT2D eigenvalue weighted by Crippen LogP contribution is 2.13. The number of methoxy groups -OCH3 is 1. The quantitative estimate of drug-likeness (QED) is 0.545. The molecule has 14 heavy (non-hydrogen) atoms. The molecule has 5 heteroatoms. The van der Waals surface area contributed by atoms with Gasteiger partial charge in [0.25, 0.3) is 0 Å². The van der Waals surface area contributed by atoms with E-state index in [4.69, 9.17) is 27.4 Å². The maximum Gasteiger partial charge on any atom is 0.166 e. The van der Waals surface area contributed by atoms with Gasteiger partial charge in [0, 0.05) is 20.2 Å². The maximum atomic E-state index is 5.62. The third kappa shape index (κ3) is 3.77. The van der Waals surface area contributed by atoms with E-state index >= 15 is 0 Å². The molecule has 82 valence electrons. The second kappa shape index (κ2) is 6.16. The van der Waals surface area contributed by atoms with Crippen LogP contribution in [-0.4, -0.2) is 49.5 Å². The second-order valence-corrected chi connectivity index (χ2v) is 3.81. The fourth-order valence-corrected chi connectivity index (χ4v) is 1.72. The topological polar surface area (TPSA) is 47.7 Å². The van der Waals surface area contributed by atoms with E-state index < -0.39 is 0 Å². The van der Waals surface area contributed by atoms with E-state index in [1.54, 1.807) is 7.11 Å². The van der Waals surface area contributed by atoms with Crippen molar-refractivity contribution in [3.8, 4) is 0 Å². The minimum atomic E-state index is 0.343. The van der Waals surface area contributed by atoms with Crippen molar-refractivity contribution in [1.82, 2.24) is 4.90 Å². The third-order valence-corrected chi connectivity index (χ3v) is 2.65. The number of rotatable bonds is 4. The summed E-state index contributed by atoms with van der Waals surface area (Å²) < 4.78 is 10.5. The molecule has 0 aromatic heterocycles. The Morgan fingerprint density at radius 2 is 2.07 bits per heavy atom. The van der Waals surface area contributed by atoms with Gasteiger partial charge in [-0.05, 0) is 25.1 Å². The second-order valence-electron chi connectivity index (χ2n) is 3.39. The highest BCUT2D eigenvalue weighted by atomic mass is 32.1. The van der Waals surface area contributed by atoms with Crippen molar-refractivity contribution in [3.05, 3.63) is 0 Å². The van der Waals surface area contributed by atoms with Gasteiger partial charge < -0.3 is 20.1 Å². The molecule has 0 aromatic rings. The zero-order valence-corrected chi connectivity index (χ0v) is 9.39. The molecule has 1 aliphatic heterocycles. The first-order valence-corrected chi connectivity index (χ1v) is 5.29. The molecule has 1 fully saturated rings. The van der Waals surface area contributed by atoms with Gasteiger partial charge in [-0.15, -0.1) is 0 Å². The number of ether oxygens (including phenoxy) is 2. The fraction of sp³-hybridized carbons (Fsp3) is 0.889. The predicted octanol–water partition coefficient (Wildman–Crippen LogP) is 0.357. The molecular formula is C9H18N2O2S. The Morgan fingerprint density at radius 3 is 2.57 bits per heavy atom. The van der Waals surface area contributed by atoms with Crippen molar-refractivity contribution in [2.75, 3.05) is 33.4 Å². The normalized spacial score (nSPS) is 18.5.